The van der Waals surface area contributed by atoms with E-state index in [9.17, 15) is 0 Å². The molecule has 0 bridgehead atoms. The van der Waals surface area contributed by atoms with E-state index in [4.69, 9.17) is 4.43 Å². The fourth-order valence-corrected chi connectivity index (χ4v) is 8.23. The molecule has 0 spiro atoms. The number of allylic oxidation sites excluding steroid dienone is 3. The summed E-state index contributed by atoms with van der Waals surface area (Å²) in [5, 5.41) is 0. The Morgan fingerprint density at radius 3 is 1.82 bits per heavy atom. The van der Waals surface area contributed by atoms with Gasteiger partial charge in [-0.25, -0.2) is 6.08 Å². The zero-order chi connectivity index (χ0) is 12.3. The fourth-order valence-electron chi connectivity index (χ4n) is 3.00. The maximum atomic E-state index is 6.44. The van der Waals surface area contributed by atoms with Crippen molar-refractivity contribution in [2.45, 2.75) is 64.6 Å². The fraction of sp³-hybridized carbons (Fsp3) is 0.714. The Bertz CT molecular complexity index is 271. The second kappa shape index (κ2) is 6.88. The summed E-state index contributed by atoms with van der Waals surface area (Å²) in [5.41, 5.74) is 1.90. The molecule has 0 aromatic rings. The van der Waals surface area contributed by atoms with Gasteiger partial charge in [-0.1, -0.05) is 47.3 Å². The van der Waals surface area contributed by atoms with Gasteiger partial charge in [0, 0.05) is 0 Å². The first-order valence-electron chi connectivity index (χ1n) is 6.37. The first-order chi connectivity index (χ1) is 7.41. The third-order valence-electron chi connectivity index (χ3n) is 3.66. The molecule has 1 nitrogen and oxygen atoms in total. The molecule has 0 aromatic carbocycles. The van der Waals surface area contributed by atoms with Crippen molar-refractivity contribution in [3.63, 3.8) is 0 Å². The van der Waals surface area contributed by atoms with E-state index in [1.807, 2.05) is 0 Å². The van der Waals surface area contributed by atoms with Crippen LogP contribution in [0.4, 0.5) is 0 Å². The third-order valence-corrected chi connectivity index (χ3v) is 9.64. The SMILES string of the molecule is CC(C)[Si](OC1=[C-]CC=C1)(C(C)C)C(C)C.[Li+]. The Morgan fingerprint density at radius 1 is 1.06 bits per heavy atom. The van der Waals surface area contributed by atoms with E-state index >= 15 is 0 Å². The normalized spacial score (nSPS) is 15.5. The van der Waals surface area contributed by atoms with E-state index in [1.165, 1.54) is 0 Å². The van der Waals surface area contributed by atoms with Crippen LogP contribution in [0.15, 0.2) is 17.9 Å². The van der Waals surface area contributed by atoms with E-state index in [0.29, 0.717) is 16.6 Å². The summed E-state index contributed by atoms with van der Waals surface area (Å²) in [5.74, 6) is 0.989. The standard InChI is InChI=1S/C14H25OSi.Li/c1-11(2)16(12(3)4,13(5)6)15-14-9-7-8-10-14;/h7,9,11-13H,8H2,1-6H3;/q-1;+1. The van der Waals surface area contributed by atoms with Crippen LogP contribution in [0.3, 0.4) is 0 Å². The second-order valence-corrected chi connectivity index (χ2v) is 10.9. The van der Waals surface area contributed by atoms with Crippen molar-refractivity contribution in [2.24, 2.45) is 0 Å². The molecule has 0 aliphatic heterocycles. The molecule has 0 saturated carbocycles. The summed E-state index contributed by atoms with van der Waals surface area (Å²) in [6.07, 6.45) is 8.40. The van der Waals surface area contributed by atoms with Crippen molar-refractivity contribution in [2.75, 3.05) is 0 Å². The van der Waals surface area contributed by atoms with Gasteiger partial charge >= 0.3 is 18.9 Å². The minimum Gasteiger partial charge on any atom is -0.575 e. The molecule has 1 aliphatic rings. The van der Waals surface area contributed by atoms with E-state index < -0.39 is 8.32 Å². The Hall–Kier alpha value is 0.0943. The van der Waals surface area contributed by atoms with E-state index in [-0.39, 0.29) is 18.9 Å². The summed E-state index contributed by atoms with van der Waals surface area (Å²) >= 11 is 0. The molecule has 0 amide bonds. The van der Waals surface area contributed by atoms with Gasteiger partial charge in [-0.2, -0.15) is 12.2 Å². The molecule has 1 aliphatic carbocycles. The van der Waals surface area contributed by atoms with E-state index in [1.54, 1.807) is 0 Å². The zero-order valence-corrected chi connectivity index (χ0v) is 13.5. The van der Waals surface area contributed by atoms with Crippen LogP contribution in [0.25, 0.3) is 0 Å². The van der Waals surface area contributed by atoms with Gasteiger partial charge in [0.1, 0.15) is 0 Å². The molecule has 0 saturated heterocycles. The minimum absolute atomic E-state index is 0. The molecule has 0 radical (unpaired) electrons. The predicted octanol–water partition coefficient (Wildman–Crippen LogP) is 1.83. The minimum atomic E-state index is -1.74. The third kappa shape index (κ3) is 3.53. The Labute approximate surface area is 120 Å². The predicted molar refractivity (Wildman–Crippen MR) is 72.6 cm³/mol. The van der Waals surface area contributed by atoms with Gasteiger partial charge < -0.3 is 4.43 Å². The Kier molecular flexibility index (Phi) is 6.91. The molecule has 92 valence electrons. The largest absolute Gasteiger partial charge is 1.00 e. The monoisotopic (exact) mass is 244 g/mol. The first-order valence-corrected chi connectivity index (χ1v) is 8.51. The van der Waals surface area contributed by atoms with Gasteiger partial charge in [-0.15, -0.1) is 6.42 Å². The van der Waals surface area contributed by atoms with Crippen LogP contribution in [-0.2, 0) is 4.43 Å². The van der Waals surface area contributed by atoms with Gasteiger partial charge in [-0.05, 0) is 16.6 Å². The summed E-state index contributed by atoms with van der Waals surface area (Å²) in [6.45, 7) is 13.9. The molecular weight excluding hydrogens is 219 g/mol. The van der Waals surface area contributed by atoms with Crippen molar-refractivity contribution < 1.29 is 23.3 Å². The van der Waals surface area contributed by atoms with Crippen LogP contribution in [0.2, 0.25) is 16.6 Å². The summed E-state index contributed by atoms with van der Waals surface area (Å²) < 4.78 is 6.44. The number of rotatable bonds is 5. The van der Waals surface area contributed by atoms with Crippen LogP contribution >= 0.6 is 0 Å². The Morgan fingerprint density at radius 2 is 1.53 bits per heavy atom. The zero-order valence-electron chi connectivity index (χ0n) is 12.5. The maximum absolute atomic E-state index is 6.44. The van der Waals surface area contributed by atoms with Crippen LogP contribution in [0.5, 0.6) is 0 Å². The van der Waals surface area contributed by atoms with Gasteiger partial charge in [0.25, 0.3) is 8.32 Å². The molecule has 0 heterocycles. The quantitative estimate of drug-likeness (QED) is 0.529. The van der Waals surface area contributed by atoms with E-state index in [0.717, 1.165) is 12.2 Å². The van der Waals surface area contributed by atoms with Crippen molar-refractivity contribution >= 4 is 8.32 Å². The first kappa shape index (κ1) is 17.1. The average molecular weight is 244 g/mol. The summed E-state index contributed by atoms with van der Waals surface area (Å²) in [4.78, 5) is 0. The molecule has 17 heavy (non-hydrogen) atoms. The van der Waals surface area contributed by atoms with Crippen LogP contribution in [0, 0.1) is 6.08 Å². The molecule has 1 rings (SSSR count). The van der Waals surface area contributed by atoms with Gasteiger partial charge in [-0.3, -0.25) is 0 Å². The molecule has 0 unspecified atom stereocenters. The topological polar surface area (TPSA) is 9.23 Å². The molecular formula is C14H25LiOSi. The average Bonchev–Trinajstić information content (AvgIpc) is 2.64. The molecule has 0 atom stereocenters. The summed E-state index contributed by atoms with van der Waals surface area (Å²) in [6, 6.07) is 0. The van der Waals surface area contributed by atoms with E-state index in [2.05, 4.69) is 59.8 Å². The van der Waals surface area contributed by atoms with Crippen LogP contribution in [0.1, 0.15) is 48.0 Å². The maximum Gasteiger partial charge on any atom is 1.00 e. The summed E-state index contributed by atoms with van der Waals surface area (Å²) in [7, 11) is -1.74. The molecule has 0 aromatic heterocycles. The van der Waals surface area contributed by atoms with Gasteiger partial charge in [0.05, 0.1) is 0 Å². The molecule has 0 N–H and O–H groups in total. The number of hydrogen-bond donors (Lipinski definition) is 0. The van der Waals surface area contributed by atoms with Crippen LogP contribution < -0.4 is 18.9 Å². The Balaban J connectivity index is 0.00000256. The van der Waals surface area contributed by atoms with Crippen molar-refractivity contribution in [1.82, 2.24) is 0 Å². The van der Waals surface area contributed by atoms with Crippen molar-refractivity contribution in [3.8, 4) is 0 Å². The van der Waals surface area contributed by atoms with Crippen LogP contribution in [-0.4, -0.2) is 8.32 Å². The smallest absolute Gasteiger partial charge is 0.575 e. The van der Waals surface area contributed by atoms with Gasteiger partial charge in [0.2, 0.25) is 0 Å². The molecule has 3 heteroatoms. The van der Waals surface area contributed by atoms with Crippen molar-refractivity contribution in [3.05, 3.63) is 24.0 Å². The second-order valence-electron chi connectivity index (χ2n) is 5.57. The molecule has 0 fully saturated rings. The number of hydrogen-bond acceptors (Lipinski definition) is 1. The van der Waals surface area contributed by atoms with Gasteiger partial charge in [0.15, 0.2) is 0 Å². The van der Waals surface area contributed by atoms with Crippen molar-refractivity contribution in [1.29, 1.82) is 0 Å².